The van der Waals surface area contributed by atoms with Gasteiger partial charge >= 0.3 is 12.0 Å². The van der Waals surface area contributed by atoms with Crippen molar-refractivity contribution >= 4 is 23.3 Å². The minimum absolute atomic E-state index is 0.0774. The SMILES string of the molecule is Cc1ccsc1CN(C)C(=O)NCCCC(=O)O. The third-order valence-corrected chi connectivity index (χ3v) is 3.55. The highest BCUT2D eigenvalue weighted by Gasteiger charge is 2.10. The predicted molar refractivity (Wildman–Crippen MR) is 70.8 cm³/mol. The van der Waals surface area contributed by atoms with Gasteiger partial charge in [-0.1, -0.05) is 0 Å². The van der Waals surface area contributed by atoms with Crippen molar-refractivity contribution in [3.8, 4) is 0 Å². The van der Waals surface area contributed by atoms with Crippen LogP contribution in [0, 0.1) is 6.92 Å². The van der Waals surface area contributed by atoms with E-state index in [0.717, 1.165) is 4.88 Å². The number of nitrogens with zero attached hydrogens (tertiary/aromatic N) is 1. The second-order valence-corrected chi connectivity index (χ2v) is 5.11. The largest absolute Gasteiger partial charge is 0.481 e. The van der Waals surface area contributed by atoms with Crippen LogP contribution in [0.3, 0.4) is 0 Å². The molecule has 1 aromatic rings. The van der Waals surface area contributed by atoms with Crippen molar-refractivity contribution in [2.75, 3.05) is 13.6 Å². The van der Waals surface area contributed by atoms with E-state index in [1.807, 2.05) is 18.4 Å². The predicted octanol–water partition coefficient (Wildman–Crippen LogP) is 2.06. The molecule has 0 saturated heterocycles. The Kier molecular flexibility index (Phi) is 5.64. The number of carbonyl (C=O) groups excluding carboxylic acids is 1. The Morgan fingerprint density at radius 2 is 2.22 bits per heavy atom. The smallest absolute Gasteiger partial charge is 0.317 e. The lowest BCUT2D eigenvalue weighted by atomic mass is 10.3. The lowest BCUT2D eigenvalue weighted by Crippen LogP contribution is -2.37. The third-order valence-electron chi connectivity index (χ3n) is 2.54. The maximum atomic E-state index is 11.7. The zero-order chi connectivity index (χ0) is 13.5. The Labute approximate surface area is 110 Å². The van der Waals surface area contributed by atoms with Crippen LogP contribution in [-0.2, 0) is 11.3 Å². The third kappa shape index (κ3) is 4.75. The van der Waals surface area contributed by atoms with Crippen molar-refractivity contribution < 1.29 is 14.7 Å². The summed E-state index contributed by atoms with van der Waals surface area (Å²) in [7, 11) is 1.73. The van der Waals surface area contributed by atoms with E-state index in [2.05, 4.69) is 5.32 Å². The molecule has 6 heteroatoms. The summed E-state index contributed by atoms with van der Waals surface area (Å²) >= 11 is 1.63. The Bertz CT molecular complexity index is 417. The highest BCUT2D eigenvalue weighted by molar-refractivity contribution is 7.10. The van der Waals surface area contributed by atoms with E-state index in [-0.39, 0.29) is 12.5 Å². The topological polar surface area (TPSA) is 69.6 Å². The molecule has 1 rings (SSSR count). The van der Waals surface area contributed by atoms with Gasteiger partial charge in [0.1, 0.15) is 0 Å². The molecule has 18 heavy (non-hydrogen) atoms. The molecule has 0 aliphatic carbocycles. The second kappa shape index (κ2) is 7.00. The molecule has 2 amide bonds. The fraction of sp³-hybridized carbons (Fsp3) is 0.500. The van der Waals surface area contributed by atoms with Crippen LogP contribution in [-0.4, -0.2) is 35.6 Å². The lowest BCUT2D eigenvalue weighted by Gasteiger charge is -2.17. The quantitative estimate of drug-likeness (QED) is 0.777. The molecular weight excluding hydrogens is 252 g/mol. The van der Waals surface area contributed by atoms with Crippen molar-refractivity contribution in [1.29, 1.82) is 0 Å². The maximum Gasteiger partial charge on any atom is 0.317 e. The van der Waals surface area contributed by atoms with Crippen molar-refractivity contribution in [2.24, 2.45) is 0 Å². The van der Waals surface area contributed by atoms with Crippen LogP contribution in [0.15, 0.2) is 11.4 Å². The van der Waals surface area contributed by atoms with E-state index in [4.69, 9.17) is 5.11 Å². The van der Waals surface area contributed by atoms with Crippen molar-refractivity contribution in [3.63, 3.8) is 0 Å². The number of nitrogens with one attached hydrogen (secondary N) is 1. The van der Waals surface area contributed by atoms with Gasteiger partial charge in [-0.2, -0.15) is 0 Å². The van der Waals surface area contributed by atoms with E-state index < -0.39 is 5.97 Å². The number of carbonyl (C=O) groups is 2. The van der Waals surface area contributed by atoms with Gasteiger partial charge in [0.25, 0.3) is 0 Å². The van der Waals surface area contributed by atoms with E-state index in [1.165, 1.54) is 5.56 Å². The summed E-state index contributed by atoms with van der Waals surface area (Å²) in [4.78, 5) is 24.8. The van der Waals surface area contributed by atoms with Crippen LogP contribution in [0.2, 0.25) is 0 Å². The first-order valence-electron chi connectivity index (χ1n) is 5.74. The summed E-state index contributed by atoms with van der Waals surface area (Å²) in [6.07, 6.45) is 0.529. The molecule has 0 aliphatic rings. The van der Waals surface area contributed by atoms with Crippen molar-refractivity contribution in [2.45, 2.75) is 26.3 Å². The van der Waals surface area contributed by atoms with Crippen LogP contribution in [0.4, 0.5) is 4.79 Å². The van der Waals surface area contributed by atoms with Gasteiger partial charge in [-0.25, -0.2) is 4.79 Å². The van der Waals surface area contributed by atoms with Gasteiger partial charge in [-0.3, -0.25) is 4.79 Å². The standard InChI is InChI=1S/C12H18N2O3S/c1-9-5-7-18-10(9)8-14(2)12(17)13-6-3-4-11(15)16/h5,7H,3-4,6,8H2,1-2H3,(H,13,17)(H,15,16). The maximum absolute atomic E-state index is 11.7. The zero-order valence-electron chi connectivity index (χ0n) is 10.6. The Hall–Kier alpha value is -1.56. The van der Waals surface area contributed by atoms with Gasteiger partial charge < -0.3 is 15.3 Å². The van der Waals surface area contributed by atoms with E-state index in [1.54, 1.807) is 23.3 Å². The average Bonchev–Trinajstić information content (AvgIpc) is 2.70. The molecule has 0 aromatic carbocycles. The fourth-order valence-electron chi connectivity index (χ4n) is 1.42. The molecule has 100 valence electrons. The van der Waals surface area contributed by atoms with Gasteiger partial charge in [0.15, 0.2) is 0 Å². The first-order valence-corrected chi connectivity index (χ1v) is 6.62. The number of thiophene rings is 1. The molecule has 0 bridgehead atoms. The molecule has 0 radical (unpaired) electrons. The highest BCUT2D eigenvalue weighted by Crippen LogP contribution is 2.17. The highest BCUT2D eigenvalue weighted by atomic mass is 32.1. The number of carboxylic acids is 1. The molecule has 0 aliphatic heterocycles. The van der Waals surface area contributed by atoms with E-state index >= 15 is 0 Å². The molecule has 0 saturated carbocycles. The Morgan fingerprint density at radius 3 is 2.78 bits per heavy atom. The second-order valence-electron chi connectivity index (χ2n) is 4.11. The summed E-state index contributed by atoms with van der Waals surface area (Å²) < 4.78 is 0. The minimum atomic E-state index is -0.841. The molecule has 5 nitrogen and oxygen atoms in total. The monoisotopic (exact) mass is 270 g/mol. The normalized spacial score (nSPS) is 10.1. The van der Waals surface area contributed by atoms with Gasteiger partial charge in [-0.05, 0) is 30.4 Å². The first-order chi connectivity index (χ1) is 8.50. The lowest BCUT2D eigenvalue weighted by molar-refractivity contribution is -0.137. The number of carboxylic acid groups (broad SMARTS) is 1. The number of hydrogen-bond donors (Lipinski definition) is 2. The van der Waals surface area contributed by atoms with Crippen LogP contribution in [0.5, 0.6) is 0 Å². The number of aryl methyl sites for hydroxylation is 1. The summed E-state index contributed by atoms with van der Waals surface area (Å²) in [6, 6.07) is 1.85. The van der Waals surface area contributed by atoms with E-state index in [9.17, 15) is 9.59 Å². The number of aliphatic carboxylic acids is 1. The molecule has 0 unspecified atom stereocenters. The number of rotatable bonds is 6. The Balaban J connectivity index is 2.29. The van der Waals surface area contributed by atoms with E-state index in [0.29, 0.717) is 19.5 Å². The first kappa shape index (κ1) is 14.5. The fourth-order valence-corrected chi connectivity index (χ4v) is 2.38. The molecule has 0 fully saturated rings. The summed E-state index contributed by atoms with van der Waals surface area (Å²) in [5.74, 6) is -0.841. The molecule has 0 spiro atoms. The summed E-state index contributed by atoms with van der Waals surface area (Å²) in [5.41, 5.74) is 1.19. The minimum Gasteiger partial charge on any atom is -0.481 e. The van der Waals surface area contributed by atoms with Crippen molar-refractivity contribution in [1.82, 2.24) is 10.2 Å². The number of urea groups is 1. The number of amides is 2. The molecular formula is C12H18N2O3S. The van der Waals surface area contributed by atoms with Crippen LogP contribution in [0.1, 0.15) is 23.3 Å². The molecule has 1 aromatic heterocycles. The number of hydrogen-bond acceptors (Lipinski definition) is 3. The van der Waals surface area contributed by atoms with Gasteiger partial charge in [0.05, 0.1) is 6.54 Å². The summed E-state index contributed by atoms with van der Waals surface area (Å²) in [5, 5.41) is 13.2. The zero-order valence-corrected chi connectivity index (χ0v) is 11.4. The van der Waals surface area contributed by atoms with Crippen LogP contribution in [0.25, 0.3) is 0 Å². The van der Waals surface area contributed by atoms with Gasteiger partial charge in [0.2, 0.25) is 0 Å². The van der Waals surface area contributed by atoms with Crippen molar-refractivity contribution in [3.05, 3.63) is 21.9 Å². The van der Waals surface area contributed by atoms with Gasteiger partial charge in [-0.15, -0.1) is 11.3 Å². The Morgan fingerprint density at radius 1 is 1.50 bits per heavy atom. The molecule has 1 heterocycles. The molecule has 0 atom stereocenters. The summed E-state index contributed by atoms with van der Waals surface area (Å²) in [6.45, 7) is 2.98. The van der Waals surface area contributed by atoms with Crippen LogP contribution >= 0.6 is 11.3 Å². The molecule has 2 N–H and O–H groups in total. The van der Waals surface area contributed by atoms with Gasteiger partial charge in [0, 0.05) is 24.9 Å². The van der Waals surface area contributed by atoms with Crippen LogP contribution < -0.4 is 5.32 Å². The average molecular weight is 270 g/mol.